The molecule has 0 aliphatic carbocycles. The van der Waals surface area contributed by atoms with E-state index >= 15 is 0 Å². The summed E-state index contributed by atoms with van der Waals surface area (Å²) in [5.74, 6) is -1.45. The molecule has 7 heteroatoms. The molecule has 0 radical (unpaired) electrons. The number of ether oxygens (including phenoxy) is 1. The number of hydrogen-bond donors (Lipinski definition) is 0. The fourth-order valence-corrected chi connectivity index (χ4v) is 4.46. The van der Waals surface area contributed by atoms with Crippen LogP contribution in [0, 0.1) is 5.92 Å². The molecule has 1 atom stereocenters. The van der Waals surface area contributed by atoms with E-state index in [9.17, 15) is 13.2 Å². The van der Waals surface area contributed by atoms with E-state index in [-0.39, 0.29) is 5.75 Å². The molecule has 2 rings (SSSR count). The van der Waals surface area contributed by atoms with E-state index in [4.69, 9.17) is 0 Å². The van der Waals surface area contributed by atoms with Crippen LogP contribution in [0.1, 0.15) is 13.3 Å². The van der Waals surface area contributed by atoms with Gasteiger partial charge in [0.25, 0.3) is 0 Å². The zero-order valence-corrected chi connectivity index (χ0v) is 14.0. The Morgan fingerprint density at radius 3 is 2.55 bits per heavy atom. The number of carbonyl (C=O) groups excluding carboxylic acids is 1. The molecular weight excluding hydrogens is 304 g/mol. The van der Waals surface area contributed by atoms with Crippen molar-refractivity contribution in [2.45, 2.75) is 13.3 Å². The molecule has 0 fully saturated rings. The Morgan fingerprint density at radius 1 is 1.27 bits per heavy atom. The lowest BCUT2D eigenvalue weighted by Gasteiger charge is -2.26. The molecule has 0 amide bonds. The van der Waals surface area contributed by atoms with Gasteiger partial charge in [-0.05, 0) is 18.6 Å². The van der Waals surface area contributed by atoms with Crippen LogP contribution >= 0.6 is 0 Å². The molecule has 0 bridgehead atoms. The van der Waals surface area contributed by atoms with Crippen LogP contribution in [0.4, 0.5) is 11.4 Å². The van der Waals surface area contributed by atoms with Crippen molar-refractivity contribution >= 4 is 27.4 Å². The Hall–Kier alpha value is -1.76. The number of benzene rings is 1. The average Bonchev–Trinajstić information content (AvgIpc) is 2.66. The quantitative estimate of drug-likeness (QED) is 0.784. The first kappa shape index (κ1) is 16.6. The first-order valence-corrected chi connectivity index (χ1v) is 8.86. The fourth-order valence-electron chi connectivity index (χ4n) is 2.65. The van der Waals surface area contributed by atoms with Gasteiger partial charge in [0, 0.05) is 20.1 Å². The van der Waals surface area contributed by atoms with E-state index in [2.05, 4.69) is 9.64 Å². The zero-order chi connectivity index (χ0) is 16.3. The molecule has 1 heterocycles. The molecule has 0 saturated heterocycles. The molecule has 1 aromatic carbocycles. The standard InChI is InChI=1S/C15H22N2O4S/c1-12(15(18)21-3)11-22(19,20)17-10-6-9-16(2)13-7-4-5-8-14(13)17/h4-5,7-8,12H,6,9-11H2,1-3H3/t12-/m1/s1. The predicted octanol–water partition coefficient (Wildman–Crippen LogP) is 1.47. The van der Waals surface area contributed by atoms with Crippen LogP contribution in [0.5, 0.6) is 0 Å². The lowest BCUT2D eigenvalue weighted by atomic mass is 10.2. The van der Waals surface area contributed by atoms with Crippen molar-refractivity contribution < 1.29 is 17.9 Å². The largest absolute Gasteiger partial charge is 0.469 e. The summed E-state index contributed by atoms with van der Waals surface area (Å²) < 4.78 is 31.5. The normalized spacial score (nSPS) is 16.7. The molecular formula is C15H22N2O4S. The van der Waals surface area contributed by atoms with Crippen molar-refractivity contribution in [3.05, 3.63) is 24.3 Å². The predicted molar refractivity (Wildman–Crippen MR) is 86.6 cm³/mol. The van der Waals surface area contributed by atoms with Gasteiger partial charge in [0.15, 0.2) is 0 Å². The monoisotopic (exact) mass is 326 g/mol. The molecule has 122 valence electrons. The van der Waals surface area contributed by atoms with Crippen LogP contribution in [0.3, 0.4) is 0 Å². The summed E-state index contributed by atoms with van der Waals surface area (Å²) in [6.45, 7) is 2.77. The average molecular weight is 326 g/mol. The Kier molecular flexibility index (Phi) is 4.95. The Morgan fingerprint density at radius 2 is 1.91 bits per heavy atom. The summed E-state index contributed by atoms with van der Waals surface area (Å²) in [7, 11) is -0.376. The van der Waals surface area contributed by atoms with Crippen molar-refractivity contribution in [1.29, 1.82) is 0 Å². The number of carbonyl (C=O) groups is 1. The first-order valence-electron chi connectivity index (χ1n) is 7.25. The number of fused-ring (bicyclic) bond motifs is 1. The van der Waals surface area contributed by atoms with Gasteiger partial charge >= 0.3 is 5.97 Å². The Balaban J connectivity index is 2.34. The molecule has 0 N–H and O–H groups in total. The van der Waals surface area contributed by atoms with Crippen LogP contribution in [0.2, 0.25) is 0 Å². The number of esters is 1. The van der Waals surface area contributed by atoms with E-state index in [1.165, 1.54) is 11.4 Å². The molecule has 1 aromatic rings. The van der Waals surface area contributed by atoms with E-state index in [0.717, 1.165) is 18.7 Å². The van der Waals surface area contributed by atoms with Crippen molar-refractivity contribution in [3.8, 4) is 0 Å². The lowest BCUT2D eigenvalue weighted by Crippen LogP contribution is -2.37. The van der Waals surface area contributed by atoms with Gasteiger partial charge in [-0.15, -0.1) is 0 Å². The van der Waals surface area contributed by atoms with E-state index < -0.39 is 21.9 Å². The number of methoxy groups -OCH3 is 1. The molecule has 0 spiro atoms. The topological polar surface area (TPSA) is 66.9 Å². The highest BCUT2D eigenvalue weighted by Crippen LogP contribution is 2.33. The van der Waals surface area contributed by atoms with E-state index in [1.807, 2.05) is 25.2 Å². The van der Waals surface area contributed by atoms with E-state index in [1.54, 1.807) is 13.0 Å². The van der Waals surface area contributed by atoms with Crippen LogP contribution in [-0.2, 0) is 19.6 Å². The number of sulfonamides is 1. The second-order valence-corrected chi connectivity index (χ2v) is 7.48. The van der Waals surface area contributed by atoms with Gasteiger partial charge in [0.1, 0.15) is 0 Å². The zero-order valence-electron chi connectivity index (χ0n) is 13.2. The third kappa shape index (κ3) is 3.35. The summed E-state index contributed by atoms with van der Waals surface area (Å²) in [5, 5.41) is 0. The summed E-state index contributed by atoms with van der Waals surface area (Å²) in [4.78, 5) is 13.6. The number of para-hydroxylation sites is 2. The maximum absolute atomic E-state index is 12.7. The van der Waals surface area contributed by atoms with Gasteiger partial charge in [0.05, 0.1) is 30.2 Å². The van der Waals surface area contributed by atoms with Crippen molar-refractivity contribution in [2.24, 2.45) is 5.92 Å². The van der Waals surface area contributed by atoms with Crippen LogP contribution in [0.15, 0.2) is 24.3 Å². The first-order chi connectivity index (χ1) is 10.4. The number of nitrogens with zero attached hydrogens (tertiary/aromatic N) is 2. The minimum atomic E-state index is -3.59. The lowest BCUT2D eigenvalue weighted by molar-refractivity contribution is -0.144. The third-order valence-corrected chi connectivity index (χ3v) is 5.79. The highest BCUT2D eigenvalue weighted by molar-refractivity contribution is 7.92. The van der Waals surface area contributed by atoms with Gasteiger partial charge in [-0.3, -0.25) is 9.10 Å². The van der Waals surface area contributed by atoms with E-state index in [0.29, 0.717) is 12.2 Å². The molecule has 1 aliphatic rings. The summed E-state index contributed by atoms with van der Waals surface area (Å²) in [6, 6.07) is 7.43. The maximum atomic E-state index is 12.7. The minimum Gasteiger partial charge on any atom is -0.469 e. The molecule has 0 saturated carbocycles. The fraction of sp³-hybridized carbons (Fsp3) is 0.533. The highest BCUT2D eigenvalue weighted by Gasteiger charge is 2.31. The smallest absolute Gasteiger partial charge is 0.309 e. The summed E-state index contributed by atoms with van der Waals surface area (Å²) in [6.07, 6.45) is 0.733. The van der Waals surface area contributed by atoms with Crippen molar-refractivity contribution in [1.82, 2.24) is 0 Å². The Labute approximate surface area is 131 Å². The van der Waals surface area contributed by atoms with Crippen molar-refractivity contribution in [2.75, 3.05) is 42.2 Å². The SMILES string of the molecule is COC(=O)[C@H](C)CS(=O)(=O)N1CCCN(C)c2ccccc21. The van der Waals surface area contributed by atoms with Gasteiger partial charge in [0.2, 0.25) is 10.0 Å². The molecule has 22 heavy (non-hydrogen) atoms. The van der Waals surface area contributed by atoms with Crippen LogP contribution in [0.25, 0.3) is 0 Å². The maximum Gasteiger partial charge on any atom is 0.309 e. The van der Waals surface area contributed by atoms with Gasteiger partial charge in [-0.1, -0.05) is 19.1 Å². The Bertz CT molecular complexity index is 645. The molecule has 6 nitrogen and oxygen atoms in total. The number of anilines is 2. The van der Waals surface area contributed by atoms with Gasteiger partial charge in [-0.2, -0.15) is 0 Å². The second-order valence-electron chi connectivity index (χ2n) is 5.54. The minimum absolute atomic E-state index is 0.252. The van der Waals surface area contributed by atoms with Crippen LogP contribution < -0.4 is 9.21 Å². The summed E-state index contributed by atoms with van der Waals surface area (Å²) >= 11 is 0. The van der Waals surface area contributed by atoms with Gasteiger partial charge in [-0.25, -0.2) is 8.42 Å². The highest BCUT2D eigenvalue weighted by atomic mass is 32.2. The molecule has 0 aromatic heterocycles. The molecule has 1 aliphatic heterocycles. The van der Waals surface area contributed by atoms with Crippen molar-refractivity contribution in [3.63, 3.8) is 0 Å². The molecule has 0 unspecified atom stereocenters. The van der Waals surface area contributed by atoms with Crippen LogP contribution in [-0.4, -0.2) is 47.4 Å². The third-order valence-electron chi connectivity index (χ3n) is 3.82. The second kappa shape index (κ2) is 6.56. The number of rotatable bonds is 4. The summed E-state index contributed by atoms with van der Waals surface area (Å²) in [5.41, 5.74) is 1.55. The van der Waals surface area contributed by atoms with Gasteiger partial charge < -0.3 is 9.64 Å². The number of hydrogen-bond acceptors (Lipinski definition) is 5.